The van der Waals surface area contributed by atoms with Crippen molar-refractivity contribution in [3.05, 3.63) is 23.3 Å². The Bertz CT molecular complexity index is 534. The van der Waals surface area contributed by atoms with Crippen molar-refractivity contribution >= 4 is 0 Å². The predicted molar refractivity (Wildman–Crippen MR) is 98.8 cm³/mol. The molecule has 0 aromatic heterocycles. The lowest BCUT2D eigenvalue weighted by molar-refractivity contribution is -0.0986. The molecular weight excluding hydrogens is 320 g/mol. The SMILES string of the molecule is COc1cc2c(cc1OC)C(CN(C)CCCNCC(OC)OC)C2. The largest absolute Gasteiger partial charge is 0.493 e. The zero-order chi connectivity index (χ0) is 18.2. The summed E-state index contributed by atoms with van der Waals surface area (Å²) in [5.41, 5.74) is 2.77. The van der Waals surface area contributed by atoms with Crippen molar-refractivity contribution in [2.45, 2.75) is 25.0 Å². The van der Waals surface area contributed by atoms with Crippen molar-refractivity contribution in [1.82, 2.24) is 10.2 Å². The van der Waals surface area contributed by atoms with Crippen LogP contribution in [0, 0.1) is 0 Å². The van der Waals surface area contributed by atoms with Gasteiger partial charge in [-0.3, -0.25) is 0 Å². The summed E-state index contributed by atoms with van der Waals surface area (Å²) in [4.78, 5) is 2.40. The van der Waals surface area contributed by atoms with Gasteiger partial charge in [-0.05, 0) is 56.2 Å². The number of benzene rings is 1. The van der Waals surface area contributed by atoms with Crippen molar-refractivity contribution in [3.8, 4) is 11.5 Å². The van der Waals surface area contributed by atoms with Crippen LogP contribution >= 0.6 is 0 Å². The molecule has 0 saturated carbocycles. The first-order chi connectivity index (χ1) is 12.1. The van der Waals surface area contributed by atoms with Crippen molar-refractivity contribution in [2.75, 3.05) is 61.7 Å². The summed E-state index contributed by atoms with van der Waals surface area (Å²) < 4.78 is 21.1. The minimum atomic E-state index is -0.170. The molecule has 0 radical (unpaired) electrons. The quantitative estimate of drug-likeness (QED) is 0.458. The summed E-state index contributed by atoms with van der Waals surface area (Å²) >= 11 is 0. The van der Waals surface area contributed by atoms with Crippen LogP contribution in [0.3, 0.4) is 0 Å². The predicted octanol–water partition coefficient (Wildman–Crippen LogP) is 1.87. The molecule has 142 valence electrons. The van der Waals surface area contributed by atoms with E-state index in [-0.39, 0.29) is 6.29 Å². The van der Waals surface area contributed by atoms with Gasteiger partial charge in [0.2, 0.25) is 0 Å². The zero-order valence-electron chi connectivity index (χ0n) is 16.1. The molecule has 6 heteroatoms. The van der Waals surface area contributed by atoms with Gasteiger partial charge in [0.25, 0.3) is 0 Å². The van der Waals surface area contributed by atoms with Crippen LogP contribution in [0.2, 0.25) is 0 Å². The molecule has 1 atom stereocenters. The standard InChI is InChI=1S/C19H32N2O4/c1-21(8-6-7-20-12-19(24-4)25-5)13-15-9-14-10-17(22-2)18(23-3)11-16(14)15/h10-11,15,19-20H,6-9,12-13H2,1-5H3. The first-order valence-electron chi connectivity index (χ1n) is 8.82. The first-order valence-corrected chi connectivity index (χ1v) is 8.82. The highest BCUT2D eigenvalue weighted by Gasteiger charge is 2.29. The molecule has 1 N–H and O–H groups in total. The van der Waals surface area contributed by atoms with E-state index in [1.807, 2.05) is 0 Å². The molecule has 0 bridgehead atoms. The maximum absolute atomic E-state index is 5.42. The first kappa shape index (κ1) is 20.0. The Morgan fingerprint density at radius 1 is 1.12 bits per heavy atom. The lowest BCUT2D eigenvalue weighted by Gasteiger charge is -2.34. The van der Waals surface area contributed by atoms with E-state index in [4.69, 9.17) is 18.9 Å². The molecule has 1 aliphatic rings. The van der Waals surface area contributed by atoms with Gasteiger partial charge in [0.05, 0.1) is 14.2 Å². The van der Waals surface area contributed by atoms with Gasteiger partial charge in [0, 0.05) is 33.2 Å². The van der Waals surface area contributed by atoms with Gasteiger partial charge in [-0.1, -0.05) is 0 Å². The molecule has 0 heterocycles. The molecule has 0 saturated heterocycles. The summed E-state index contributed by atoms with van der Waals surface area (Å²) in [6.45, 7) is 3.81. The van der Waals surface area contributed by atoms with Crippen LogP contribution in [0.5, 0.6) is 11.5 Å². The maximum atomic E-state index is 5.42. The highest BCUT2D eigenvalue weighted by atomic mass is 16.7. The minimum absolute atomic E-state index is 0.170. The number of likely N-dealkylation sites (N-methyl/N-ethyl adjacent to an activating group) is 1. The summed E-state index contributed by atoms with van der Waals surface area (Å²) in [5.74, 6) is 2.23. The van der Waals surface area contributed by atoms with Crippen molar-refractivity contribution in [1.29, 1.82) is 0 Å². The van der Waals surface area contributed by atoms with E-state index in [0.29, 0.717) is 12.5 Å². The second-order valence-corrected chi connectivity index (χ2v) is 6.53. The van der Waals surface area contributed by atoms with E-state index in [1.165, 1.54) is 11.1 Å². The Labute approximate surface area is 151 Å². The average molecular weight is 352 g/mol. The van der Waals surface area contributed by atoms with E-state index in [9.17, 15) is 0 Å². The third kappa shape index (κ3) is 5.31. The summed E-state index contributed by atoms with van der Waals surface area (Å²) in [6.07, 6.45) is 2.04. The summed E-state index contributed by atoms with van der Waals surface area (Å²) in [7, 11) is 8.87. The van der Waals surface area contributed by atoms with E-state index < -0.39 is 0 Å². The number of hydrogen-bond acceptors (Lipinski definition) is 6. The van der Waals surface area contributed by atoms with Crippen LogP contribution < -0.4 is 14.8 Å². The van der Waals surface area contributed by atoms with Crippen LogP contribution in [0.4, 0.5) is 0 Å². The second kappa shape index (κ2) is 9.97. The van der Waals surface area contributed by atoms with Crippen molar-refractivity contribution in [2.24, 2.45) is 0 Å². The van der Waals surface area contributed by atoms with Gasteiger partial charge in [-0.15, -0.1) is 0 Å². The third-order valence-corrected chi connectivity index (χ3v) is 4.81. The van der Waals surface area contributed by atoms with Crippen molar-refractivity contribution in [3.63, 3.8) is 0 Å². The third-order valence-electron chi connectivity index (χ3n) is 4.81. The van der Waals surface area contributed by atoms with Crippen LogP contribution in [-0.4, -0.2) is 72.9 Å². The average Bonchev–Trinajstić information content (AvgIpc) is 2.62. The molecule has 1 unspecified atom stereocenters. The molecule has 0 aliphatic heterocycles. The Morgan fingerprint density at radius 3 is 2.44 bits per heavy atom. The number of fused-ring (bicyclic) bond motifs is 1. The number of nitrogens with one attached hydrogen (secondary N) is 1. The fourth-order valence-corrected chi connectivity index (χ4v) is 3.33. The zero-order valence-corrected chi connectivity index (χ0v) is 16.1. The summed E-state index contributed by atoms with van der Waals surface area (Å²) in [5, 5.41) is 3.36. The molecule has 6 nitrogen and oxygen atoms in total. The molecule has 1 aliphatic carbocycles. The van der Waals surface area contributed by atoms with Gasteiger partial charge >= 0.3 is 0 Å². The monoisotopic (exact) mass is 352 g/mol. The number of hydrogen-bond donors (Lipinski definition) is 1. The Balaban J connectivity index is 1.71. The molecule has 0 spiro atoms. The van der Waals surface area contributed by atoms with E-state index in [0.717, 1.165) is 44.0 Å². The number of methoxy groups -OCH3 is 4. The minimum Gasteiger partial charge on any atom is -0.493 e. The Kier molecular flexibility index (Phi) is 7.96. The van der Waals surface area contributed by atoms with Gasteiger partial charge in [-0.25, -0.2) is 0 Å². The van der Waals surface area contributed by atoms with E-state index in [2.05, 4.69) is 29.4 Å². The smallest absolute Gasteiger partial charge is 0.169 e. The molecule has 2 rings (SSSR count). The highest BCUT2D eigenvalue weighted by molar-refractivity contribution is 5.53. The van der Waals surface area contributed by atoms with Crippen molar-refractivity contribution < 1.29 is 18.9 Å². The fourth-order valence-electron chi connectivity index (χ4n) is 3.33. The Hall–Kier alpha value is -1.34. The number of rotatable bonds is 12. The molecule has 25 heavy (non-hydrogen) atoms. The maximum Gasteiger partial charge on any atom is 0.169 e. The van der Waals surface area contributed by atoms with Crippen LogP contribution in [0.1, 0.15) is 23.5 Å². The molecule has 0 amide bonds. The van der Waals surface area contributed by atoms with Crippen LogP contribution in [-0.2, 0) is 15.9 Å². The van der Waals surface area contributed by atoms with Gasteiger partial charge in [-0.2, -0.15) is 0 Å². The molecule has 0 fully saturated rings. The lowest BCUT2D eigenvalue weighted by atomic mass is 9.77. The van der Waals surface area contributed by atoms with E-state index in [1.54, 1.807) is 28.4 Å². The van der Waals surface area contributed by atoms with Crippen LogP contribution in [0.25, 0.3) is 0 Å². The lowest BCUT2D eigenvalue weighted by Crippen LogP contribution is -2.34. The fraction of sp³-hybridized carbons (Fsp3) is 0.684. The molecule has 1 aromatic rings. The van der Waals surface area contributed by atoms with Gasteiger partial charge < -0.3 is 29.2 Å². The normalized spacial score (nSPS) is 16.0. The molecule has 1 aromatic carbocycles. The molecular formula is C19H32N2O4. The topological polar surface area (TPSA) is 52.2 Å². The summed E-state index contributed by atoms with van der Waals surface area (Å²) in [6, 6.07) is 4.24. The highest BCUT2D eigenvalue weighted by Crippen LogP contribution is 2.42. The Morgan fingerprint density at radius 2 is 1.80 bits per heavy atom. The van der Waals surface area contributed by atoms with Gasteiger partial charge in [0.1, 0.15) is 0 Å². The van der Waals surface area contributed by atoms with Gasteiger partial charge in [0.15, 0.2) is 17.8 Å². The van der Waals surface area contributed by atoms with Crippen LogP contribution in [0.15, 0.2) is 12.1 Å². The van der Waals surface area contributed by atoms with E-state index >= 15 is 0 Å². The second-order valence-electron chi connectivity index (χ2n) is 6.53. The number of ether oxygens (including phenoxy) is 4. The number of nitrogens with zero attached hydrogens (tertiary/aromatic N) is 1.